The molecule has 1 rings (SSSR count). The van der Waals surface area contributed by atoms with E-state index in [9.17, 15) is 0 Å². The van der Waals surface area contributed by atoms with Crippen LogP contribution in [0.15, 0.2) is 30.3 Å². The Hall–Kier alpha value is -1.08. The Balaban J connectivity index is 2.20. The Morgan fingerprint density at radius 3 is 2.63 bits per heavy atom. The van der Waals surface area contributed by atoms with Crippen molar-refractivity contribution >= 4 is 6.08 Å². The molecular weight excluding hydrogens is 232 g/mol. The zero-order chi connectivity index (χ0) is 14.1. The number of allylic oxidation sites excluding steroid dienone is 1. The lowest BCUT2D eigenvalue weighted by Crippen LogP contribution is -2.19. The summed E-state index contributed by atoms with van der Waals surface area (Å²) in [6, 6.07) is 8.74. The van der Waals surface area contributed by atoms with Gasteiger partial charge < -0.3 is 4.74 Å². The second-order valence-electron chi connectivity index (χ2n) is 5.96. The average Bonchev–Trinajstić information content (AvgIpc) is 2.36. The van der Waals surface area contributed by atoms with Crippen molar-refractivity contribution < 1.29 is 4.74 Å². The first-order valence-corrected chi connectivity index (χ1v) is 7.41. The highest BCUT2D eigenvalue weighted by atomic mass is 16.5. The molecule has 0 atom stereocenters. The van der Waals surface area contributed by atoms with Crippen LogP contribution in [0.5, 0.6) is 0 Å². The lowest BCUT2D eigenvalue weighted by Gasteiger charge is -2.19. The predicted molar refractivity (Wildman–Crippen MR) is 84.4 cm³/mol. The van der Waals surface area contributed by atoms with E-state index in [1.54, 1.807) is 0 Å². The highest BCUT2D eigenvalue weighted by molar-refractivity contribution is 5.50. The number of aryl methyl sites for hydroxylation is 1. The first-order valence-electron chi connectivity index (χ1n) is 7.41. The van der Waals surface area contributed by atoms with E-state index in [0.717, 1.165) is 25.9 Å². The number of hydrogen-bond acceptors (Lipinski definition) is 1. The normalized spacial score (nSPS) is 12.2. The Bertz CT molecular complexity index is 385. The summed E-state index contributed by atoms with van der Waals surface area (Å²) in [6.07, 6.45) is 9.06. The van der Waals surface area contributed by atoms with Gasteiger partial charge in [-0.3, -0.25) is 0 Å². The van der Waals surface area contributed by atoms with Crippen molar-refractivity contribution in [3.05, 3.63) is 41.5 Å². The van der Waals surface area contributed by atoms with Crippen molar-refractivity contribution in [2.45, 2.75) is 59.0 Å². The summed E-state index contributed by atoms with van der Waals surface area (Å²) in [5.74, 6) is 0. The molecule has 0 fully saturated rings. The van der Waals surface area contributed by atoms with Crippen molar-refractivity contribution in [3.8, 4) is 0 Å². The number of ether oxygens (including phenoxy) is 1. The van der Waals surface area contributed by atoms with Crippen LogP contribution in [-0.2, 0) is 11.2 Å². The monoisotopic (exact) mass is 260 g/mol. The molecule has 0 aliphatic carbocycles. The minimum Gasteiger partial charge on any atom is -0.376 e. The molecule has 106 valence electrons. The predicted octanol–water partition coefficient (Wildman–Crippen LogP) is 5.25. The minimum atomic E-state index is -0.00354. The van der Waals surface area contributed by atoms with E-state index < -0.39 is 0 Å². The third-order valence-corrected chi connectivity index (χ3v) is 2.97. The van der Waals surface area contributed by atoms with Crippen molar-refractivity contribution in [3.63, 3.8) is 0 Å². The molecule has 0 aliphatic heterocycles. The molecule has 0 aromatic heterocycles. The van der Waals surface area contributed by atoms with Gasteiger partial charge in [-0.15, -0.1) is 0 Å². The zero-order valence-corrected chi connectivity index (χ0v) is 12.9. The van der Waals surface area contributed by atoms with Crippen LogP contribution in [-0.4, -0.2) is 12.2 Å². The fourth-order valence-corrected chi connectivity index (χ4v) is 1.88. The van der Waals surface area contributed by atoms with Crippen molar-refractivity contribution in [2.24, 2.45) is 0 Å². The van der Waals surface area contributed by atoms with Gasteiger partial charge in [0.2, 0.25) is 0 Å². The molecule has 0 saturated carbocycles. The third kappa shape index (κ3) is 7.84. The molecule has 0 N–H and O–H groups in total. The lowest BCUT2D eigenvalue weighted by molar-refractivity contribution is -0.00446. The molecule has 0 heterocycles. The molecule has 0 spiro atoms. The number of benzene rings is 1. The second kappa shape index (κ2) is 8.16. The molecule has 0 bridgehead atoms. The van der Waals surface area contributed by atoms with Gasteiger partial charge in [0.05, 0.1) is 5.60 Å². The summed E-state index contributed by atoms with van der Waals surface area (Å²) in [5, 5.41) is 0. The summed E-state index contributed by atoms with van der Waals surface area (Å²) in [6.45, 7) is 9.37. The summed E-state index contributed by atoms with van der Waals surface area (Å²) in [5.41, 5.74) is 2.71. The van der Waals surface area contributed by atoms with Crippen molar-refractivity contribution in [2.75, 3.05) is 6.61 Å². The Labute approximate surface area is 118 Å². The number of hydrogen-bond donors (Lipinski definition) is 0. The van der Waals surface area contributed by atoms with Crippen LogP contribution in [0.3, 0.4) is 0 Å². The largest absolute Gasteiger partial charge is 0.376 e. The van der Waals surface area contributed by atoms with Gasteiger partial charge in [-0.2, -0.15) is 0 Å². The van der Waals surface area contributed by atoms with Gasteiger partial charge in [0, 0.05) is 6.61 Å². The molecule has 1 nitrogen and oxygen atoms in total. The van der Waals surface area contributed by atoms with Crippen LogP contribution >= 0.6 is 0 Å². The first-order chi connectivity index (χ1) is 9.01. The van der Waals surface area contributed by atoms with E-state index in [-0.39, 0.29) is 5.60 Å². The molecule has 0 saturated heterocycles. The fourth-order valence-electron chi connectivity index (χ4n) is 1.88. The van der Waals surface area contributed by atoms with Crippen LogP contribution in [0, 0.1) is 0 Å². The molecule has 0 amide bonds. The van der Waals surface area contributed by atoms with Gasteiger partial charge in [0.15, 0.2) is 0 Å². The molecule has 19 heavy (non-hydrogen) atoms. The van der Waals surface area contributed by atoms with E-state index in [1.807, 2.05) is 0 Å². The van der Waals surface area contributed by atoms with Crippen LogP contribution in [0.25, 0.3) is 6.08 Å². The van der Waals surface area contributed by atoms with Gasteiger partial charge in [-0.1, -0.05) is 43.3 Å². The summed E-state index contributed by atoms with van der Waals surface area (Å²) >= 11 is 0. The van der Waals surface area contributed by atoms with E-state index >= 15 is 0 Å². The summed E-state index contributed by atoms with van der Waals surface area (Å²) in [7, 11) is 0. The Morgan fingerprint density at radius 1 is 1.16 bits per heavy atom. The molecular formula is C18H28O. The van der Waals surface area contributed by atoms with Gasteiger partial charge in [0.25, 0.3) is 0 Å². The fraction of sp³-hybridized carbons (Fsp3) is 0.556. The van der Waals surface area contributed by atoms with Gasteiger partial charge in [-0.25, -0.2) is 0 Å². The molecule has 1 heteroatoms. The van der Waals surface area contributed by atoms with E-state index in [4.69, 9.17) is 4.74 Å². The highest BCUT2D eigenvalue weighted by Gasteiger charge is 2.08. The van der Waals surface area contributed by atoms with E-state index in [2.05, 4.69) is 64.1 Å². The molecule has 1 aromatic rings. The zero-order valence-electron chi connectivity index (χ0n) is 12.9. The second-order valence-corrected chi connectivity index (χ2v) is 5.96. The Morgan fingerprint density at radius 2 is 1.95 bits per heavy atom. The van der Waals surface area contributed by atoms with E-state index in [0.29, 0.717) is 0 Å². The van der Waals surface area contributed by atoms with Gasteiger partial charge in [0.1, 0.15) is 0 Å². The Kier molecular flexibility index (Phi) is 6.86. The van der Waals surface area contributed by atoms with Crippen LogP contribution in [0.1, 0.15) is 58.1 Å². The quantitative estimate of drug-likeness (QED) is 0.609. The van der Waals surface area contributed by atoms with Crippen LogP contribution < -0.4 is 0 Å². The maximum absolute atomic E-state index is 5.70. The van der Waals surface area contributed by atoms with Gasteiger partial charge in [-0.05, 0) is 57.6 Å². The van der Waals surface area contributed by atoms with Crippen molar-refractivity contribution in [1.29, 1.82) is 0 Å². The van der Waals surface area contributed by atoms with Crippen molar-refractivity contribution in [1.82, 2.24) is 0 Å². The molecule has 1 aromatic carbocycles. The smallest absolute Gasteiger partial charge is 0.0598 e. The summed E-state index contributed by atoms with van der Waals surface area (Å²) in [4.78, 5) is 0. The summed E-state index contributed by atoms with van der Waals surface area (Å²) < 4.78 is 5.70. The molecule has 0 radical (unpaired) electrons. The topological polar surface area (TPSA) is 9.23 Å². The maximum atomic E-state index is 5.70. The molecule has 0 unspecified atom stereocenters. The first kappa shape index (κ1) is 16.0. The number of unbranched alkanes of at least 4 members (excludes halogenated alkanes) is 2. The van der Waals surface area contributed by atoms with Crippen LogP contribution in [0.2, 0.25) is 0 Å². The number of rotatable bonds is 7. The van der Waals surface area contributed by atoms with Crippen LogP contribution in [0.4, 0.5) is 0 Å². The highest BCUT2D eigenvalue weighted by Crippen LogP contribution is 2.10. The average molecular weight is 260 g/mol. The lowest BCUT2D eigenvalue weighted by atomic mass is 10.1. The molecule has 0 aliphatic rings. The minimum absolute atomic E-state index is 0.00354. The third-order valence-electron chi connectivity index (χ3n) is 2.97. The van der Waals surface area contributed by atoms with E-state index in [1.165, 1.54) is 17.5 Å². The standard InChI is InChI=1S/C18H28O/c1-5-16-12-10-13-17(15-16)11-8-6-7-9-14-19-18(2,3)4/h8,10-13,15H,5-7,9,14H2,1-4H3/b11-8+. The SMILES string of the molecule is CCc1cccc(/C=C/CCCCOC(C)(C)C)c1. The van der Waals surface area contributed by atoms with Gasteiger partial charge >= 0.3 is 0 Å². The maximum Gasteiger partial charge on any atom is 0.0598 e.